The molecule has 0 unspecified atom stereocenters. The van der Waals surface area contributed by atoms with Gasteiger partial charge in [0.2, 0.25) is 0 Å². The van der Waals surface area contributed by atoms with Crippen LogP contribution in [0.2, 0.25) is 0 Å². The number of benzene rings is 1. The van der Waals surface area contributed by atoms with Gasteiger partial charge in [-0.3, -0.25) is 9.59 Å². The van der Waals surface area contributed by atoms with Crippen molar-refractivity contribution in [1.29, 1.82) is 0 Å². The molecule has 0 saturated carbocycles. The van der Waals surface area contributed by atoms with Gasteiger partial charge in [0, 0.05) is 35.9 Å². The van der Waals surface area contributed by atoms with Crippen LogP contribution in [0.5, 0.6) is 0 Å². The number of esters is 1. The molecule has 0 spiro atoms. The van der Waals surface area contributed by atoms with E-state index in [2.05, 4.69) is 33.2 Å². The molecule has 1 aromatic carbocycles. The Morgan fingerprint density at radius 2 is 1.76 bits per heavy atom. The molecule has 1 fully saturated rings. The summed E-state index contributed by atoms with van der Waals surface area (Å²) < 4.78 is 4.93. The van der Waals surface area contributed by atoms with Crippen molar-refractivity contribution in [2.75, 3.05) is 20.2 Å². The summed E-state index contributed by atoms with van der Waals surface area (Å²) in [6.45, 7) is 2.89. The fourth-order valence-electron chi connectivity index (χ4n) is 4.46. The quantitative estimate of drug-likeness (QED) is 0.451. The molecule has 7 nitrogen and oxygen atoms in total. The molecule has 3 aromatic heterocycles. The summed E-state index contributed by atoms with van der Waals surface area (Å²) in [5, 5.41) is 0.980. The summed E-state index contributed by atoms with van der Waals surface area (Å²) in [4.78, 5) is 39.5. The van der Waals surface area contributed by atoms with E-state index in [0.717, 1.165) is 27.9 Å². The maximum atomic E-state index is 13.1. The number of hydrogen-bond acceptors (Lipinski definition) is 5. The SMILES string of the molecule is COC(=O)C1(C)CCN(C(=O)c2cccc(-c3cnc4[nH]c(-c5ccccc5)cc4c3)n2)CC1. The molecule has 7 heteroatoms. The molecule has 0 atom stereocenters. The predicted octanol–water partition coefficient (Wildman–Crippen LogP) is 4.71. The second-order valence-electron chi connectivity index (χ2n) is 8.96. The molecule has 0 bridgehead atoms. The molecule has 172 valence electrons. The number of hydrogen-bond donors (Lipinski definition) is 1. The lowest BCUT2D eigenvalue weighted by atomic mass is 9.80. The molecule has 1 aliphatic heterocycles. The number of carbonyl (C=O) groups excluding carboxylic acids is 2. The van der Waals surface area contributed by atoms with Gasteiger partial charge in [0.15, 0.2) is 0 Å². The van der Waals surface area contributed by atoms with Crippen LogP contribution >= 0.6 is 0 Å². The van der Waals surface area contributed by atoms with E-state index in [4.69, 9.17) is 4.74 Å². The fraction of sp³-hybridized carbons (Fsp3) is 0.259. The molecule has 5 rings (SSSR count). The molecule has 1 saturated heterocycles. The normalized spacial score (nSPS) is 15.3. The summed E-state index contributed by atoms with van der Waals surface area (Å²) in [5.74, 6) is -0.349. The van der Waals surface area contributed by atoms with Crippen molar-refractivity contribution in [3.8, 4) is 22.5 Å². The first-order valence-corrected chi connectivity index (χ1v) is 11.4. The third kappa shape index (κ3) is 4.05. The van der Waals surface area contributed by atoms with Crippen LogP contribution in [0.3, 0.4) is 0 Å². The Morgan fingerprint density at radius 3 is 2.50 bits per heavy atom. The summed E-state index contributed by atoms with van der Waals surface area (Å²) in [6, 6.07) is 19.7. The number of carbonyl (C=O) groups is 2. The van der Waals surface area contributed by atoms with Gasteiger partial charge < -0.3 is 14.6 Å². The van der Waals surface area contributed by atoms with Gasteiger partial charge in [-0.2, -0.15) is 0 Å². The minimum atomic E-state index is -0.545. The molecular formula is C27H26N4O3. The van der Waals surface area contributed by atoms with E-state index < -0.39 is 5.41 Å². The number of rotatable bonds is 4. The third-order valence-electron chi connectivity index (χ3n) is 6.65. The van der Waals surface area contributed by atoms with Crippen molar-refractivity contribution in [3.05, 3.63) is 72.6 Å². The molecule has 34 heavy (non-hydrogen) atoms. The third-order valence-corrected chi connectivity index (χ3v) is 6.65. The summed E-state index contributed by atoms with van der Waals surface area (Å²) in [6.07, 6.45) is 2.92. The number of fused-ring (bicyclic) bond motifs is 1. The van der Waals surface area contributed by atoms with E-state index in [1.54, 1.807) is 17.2 Å². The number of ether oxygens (including phenoxy) is 1. The van der Waals surface area contributed by atoms with Crippen LogP contribution in [0.4, 0.5) is 0 Å². The lowest BCUT2D eigenvalue weighted by Crippen LogP contribution is -2.45. The van der Waals surface area contributed by atoms with E-state index in [1.807, 2.05) is 43.3 Å². The van der Waals surface area contributed by atoms with Crippen molar-refractivity contribution < 1.29 is 14.3 Å². The maximum absolute atomic E-state index is 13.1. The van der Waals surface area contributed by atoms with Crippen LogP contribution in [-0.2, 0) is 9.53 Å². The summed E-state index contributed by atoms with van der Waals surface area (Å²) in [7, 11) is 1.41. The number of pyridine rings is 2. The van der Waals surface area contributed by atoms with E-state index in [-0.39, 0.29) is 11.9 Å². The standard InChI is InChI=1S/C27H26N4O3/c1-27(26(33)34-2)11-13-31(14-12-27)25(32)22-10-6-9-21(29-22)20-15-19-16-23(30-24(19)28-17-20)18-7-4-3-5-8-18/h3-10,15-17H,11-14H2,1-2H3,(H,28,30). The Hall–Kier alpha value is -4.00. The highest BCUT2D eigenvalue weighted by atomic mass is 16.5. The Labute approximate surface area is 197 Å². The average molecular weight is 455 g/mol. The smallest absolute Gasteiger partial charge is 0.311 e. The average Bonchev–Trinajstić information content (AvgIpc) is 3.32. The number of amides is 1. The van der Waals surface area contributed by atoms with Crippen molar-refractivity contribution in [3.63, 3.8) is 0 Å². The van der Waals surface area contributed by atoms with Crippen LogP contribution in [-0.4, -0.2) is 51.9 Å². The molecule has 4 aromatic rings. The van der Waals surface area contributed by atoms with E-state index in [1.165, 1.54) is 7.11 Å². The first-order chi connectivity index (χ1) is 16.5. The summed E-state index contributed by atoms with van der Waals surface area (Å²) >= 11 is 0. The molecule has 1 N–H and O–H groups in total. The zero-order valence-corrected chi connectivity index (χ0v) is 19.2. The molecule has 1 amide bonds. The molecule has 0 aliphatic carbocycles. The lowest BCUT2D eigenvalue weighted by molar-refractivity contribution is -0.154. The lowest BCUT2D eigenvalue weighted by Gasteiger charge is -2.37. The highest BCUT2D eigenvalue weighted by Crippen LogP contribution is 2.33. The minimum Gasteiger partial charge on any atom is -0.469 e. The van der Waals surface area contributed by atoms with Gasteiger partial charge in [-0.25, -0.2) is 9.97 Å². The van der Waals surface area contributed by atoms with Crippen LogP contribution in [0.15, 0.2) is 66.9 Å². The second kappa shape index (κ2) is 8.74. The minimum absolute atomic E-state index is 0.129. The van der Waals surface area contributed by atoms with Crippen LogP contribution in [0.1, 0.15) is 30.3 Å². The number of methoxy groups -OCH3 is 1. The first-order valence-electron chi connectivity index (χ1n) is 11.4. The van der Waals surface area contributed by atoms with Crippen molar-refractivity contribution in [1.82, 2.24) is 19.9 Å². The number of nitrogens with zero attached hydrogens (tertiary/aromatic N) is 3. The van der Waals surface area contributed by atoms with Gasteiger partial charge in [-0.1, -0.05) is 36.4 Å². The van der Waals surface area contributed by atoms with Crippen molar-refractivity contribution in [2.45, 2.75) is 19.8 Å². The summed E-state index contributed by atoms with van der Waals surface area (Å²) in [5.41, 5.74) is 4.28. The zero-order valence-electron chi connectivity index (χ0n) is 19.2. The van der Waals surface area contributed by atoms with Gasteiger partial charge in [-0.05, 0) is 49.6 Å². The van der Waals surface area contributed by atoms with E-state index >= 15 is 0 Å². The number of piperidine rings is 1. The molecule has 0 radical (unpaired) electrons. The number of nitrogens with one attached hydrogen (secondary N) is 1. The van der Waals surface area contributed by atoms with Gasteiger partial charge in [0.25, 0.3) is 5.91 Å². The predicted molar refractivity (Wildman–Crippen MR) is 130 cm³/mol. The highest BCUT2D eigenvalue weighted by Gasteiger charge is 2.39. The molecule has 1 aliphatic rings. The Morgan fingerprint density at radius 1 is 1.00 bits per heavy atom. The Kier molecular flexibility index (Phi) is 5.61. The van der Waals surface area contributed by atoms with Crippen molar-refractivity contribution in [2.24, 2.45) is 5.41 Å². The highest BCUT2D eigenvalue weighted by molar-refractivity contribution is 5.93. The number of H-pyrrole nitrogens is 1. The van der Waals surface area contributed by atoms with Gasteiger partial charge in [0.1, 0.15) is 11.3 Å². The van der Waals surface area contributed by atoms with Crippen molar-refractivity contribution >= 4 is 22.9 Å². The Bertz CT molecular complexity index is 1350. The van der Waals surface area contributed by atoms with Crippen LogP contribution in [0.25, 0.3) is 33.5 Å². The van der Waals surface area contributed by atoms with E-state index in [0.29, 0.717) is 37.3 Å². The number of aromatic amines is 1. The maximum Gasteiger partial charge on any atom is 0.311 e. The van der Waals surface area contributed by atoms with Gasteiger partial charge in [-0.15, -0.1) is 0 Å². The van der Waals surface area contributed by atoms with Crippen LogP contribution < -0.4 is 0 Å². The first kappa shape index (κ1) is 21.8. The Balaban J connectivity index is 1.37. The monoisotopic (exact) mass is 454 g/mol. The number of aromatic nitrogens is 3. The van der Waals surface area contributed by atoms with E-state index in [9.17, 15) is 9.59 Å². The number of likely N-dealkylation sites (tertiary alicyclic amines) is 1. The van der Waals surface area contributed by atoms with Gasteiger partial charge >= 0.3 is 5.97 Å². The molecular weight excluding hydrogens is 428 g/mol. The topological polar surface area (TPSA) is 88.2 Å². The second-order valence-corrected chi connectivity index (χ2v) is 8.96. The largest absolute Gasteiger partial charge is 0.469 e. The van der Waals surface area contributed by atoms with Gasteiger partial charge in [0.05, 0.1) is 18.2 Å². The molecule has 4 heterocycles. The fourth-order valence-corrected chi connectivity index (χ4v) is 4.46. The van der Waals surface area contributed by atoms with Crippen LogP contribution in [0, 0.1) is 5.41 Å². The zero-order chi connectivity index (χ0) is 23.7.